The smallest absolute Gasteiger partial charge is 0.143 e. The summed E-state index contributed by atoms with van der Waals surface area (Å²) in [6.07, 6.45) is 0. The summed E-state index contributed by atoms with van der Waals surface area (Å²) in [5, 5.41) is 8.08. The molecule has 0 spiro atoms. The Balaban J connectivity index is 1.20. The van der Waals surface area contributed by atoms with Gasteiger partial charge in [0.05, 0.1) is 27.6 Å². The highest BCUT2D eigenvalue weighted by Gasteiger charge is 2.21. The maximum Gasteiger partial charge on any atom is 0.143 e. The number of hydrogen-bond acceptors (Lipinski definition) is 2. The Hall–Kier alpha value is -7.10. The molecule has 11 aromatic rings. The molecule has 0 aliphatic heterocycles. The van der Waals surface area contributed by atoms with Crippen molar-refractivity contribution in [2.24, 2.45) is 0 Å². The molecule has 0 atom stereocenters. The molecule has 0 saturated heterocycles. The lowest BCUT2D eigenvalue weighted by Gasteiger charge is -2.27. The molecule has 248 valence electrons. The van der Waals surface area contributed by atoms with E-state index in [2.05, 4.69) is 66.7 Å². The Morgan fingerprint density at radius 1 is 0.491 bits per heavy atom. The fraction of sp³-hybridized carbons (Fsp3) is 0. The van der Waals surface area contributed by atoms with Crippen molar-refractivity contribution in [1.82, 2.24) is 4.57 Å². The monoisotopic (exact) mass is 680 g/mol. The fourth-order valence-corrected chi connectivity index (χ4v) is 7.99. The van der Waals surface area contributed by atoms with E-state index in [9.17, 15) is 5.48 Å². The van der Waals surface area contributed by atoms with Crippen molar-refractivity contribution in [2.45, 2.75) is 0 Å². The van der Waals surface area contributed by atoms with Crippen molar-refractivity contribution in [3.05, 3.63) is 194 Å². The maximum atomic E-state index is 10.1. The van der Waals surface area contributed by atoms with Crippen LogP contribution in [-0.2, 0) is 0 Å². The van der Waals surface area contributed by atoms with Gasteiger partial charge in [0.15, 0.2) is 0 Å². The number of hydrogen-bond donors (Lipinski definition) is 0. The predicted molar refractivity (Wildman–Crippen MR) is 223 cm³/mol. The van der Waals surface area contributed by atoms with Gasteiger partial charge in [-0.25, -0.2) is 0 Å². The van der Waals surface area contributed by atoms with Gasteiger partial charge < -0.3 is 13.9 Å². The Bertz CT molecular complexity index is 3370. The normalized spacial score (nSPS) is 12.8. The number of benzene rings is 9. The van der Waals surface area contributed by atoms with E-state index in [1.165, 1.54) is 5.39 Å². The zero-order valence-electron chi connectivity index (χ0n) is 32.5. The summed E-state index contributed by atoms with van der Waals surface area (Å²) < 4.78 is 46.8. The van der Waals surface area contributed by atoms with Gasteiger partial charge in [0.1, 0.15) is 11.2 Å². The third-order valence-electron chi connectivity index (χ3n) is 10.4. The van der Waals surface area contributed by atoms with Gasteiger partial charge in [0.25, 0.3) is 0 Å². The SMILES string of the molecule is [2H]c1c([2H])c(N(c2ccc(-c3ccc4ccccc4c3)cc2)c2cccc3oc4c5ccccc5ccc4c23)c([2H])c(-n2c3ccccc3c3ccccc32)c1[2H]. The average Bonchev–Trinajstić information content (AvgIpc) is 3.81. The molecule has 9 aromatic carbocycles. The van der Waals surface area contributed by atoms with Crippen LogP contribution in [0.25, 0.3) is 82.1 Å². The Morgan fingerprint density at radius 3 is 1.94 bits per heavy atom. The van der Waals surface area contributed by atoms with Crippen LogP contribution in [0.1, 0.15) is 5.48 Å². The predicted octanol–water partition coefficient (Wildman–Crippen LogP) is 14.1. The van der Waals surface area contributed by atoms with Crippen molar-refractivity contribution in [3.8, 4) is 16.8 Å². The number of anilines is 3. The Kier molecular flexibility index (Phi) is 5.71. The highest BCUT2D eigenvalue weighted by Crippen LogP contribution is 2.45. The van der Waals surface area contributed by atoms with Gasteiger partial charge in [-0.15, -0.1) is 0 Å². The van der Waals surface area contributed by atoms with Gasteiger partial charge in [-0.05, 0) is 93.9 Å². The second kappa shape index (κ2) is 11.7. The summed E-state index contributed by atoms with van der Waals surface area (Å²) in [6, 6.07) is 56.3. The minimum Gasteiger partial charge on any atom is -0.455 e. The van der Waals surface area contributed by atoms with Gasteiger partial charge in [-0.2, -0.15) is 0 Å². The number of fused-ring (bicyclic) bond motifs is 9. The molecule has 0 saturated carbocycles. The van der Waals surface area contributed by atoms with Gasteiger partial charge in [-0.3, -0.25) is 0 Å². The van der Waals surface area contributed by atoms with Gasteiger partial charge in [0, 0.05) is 38.6 Å². The minimum absolute atomic E-state index is 0.0265. The second-order valence-corrected chi connectivity index (χ2v) is 13.4. The molecule has 3 nitrogen and oxygen atoms in total. The standard InChI is InChI=1S/C50H32N2O/c1-2-13-36-31-37(24-23-33(36)11-1)34-25-28-38(29-26-34)51(47-21-10-22-48-49(47)44-30-27-35-12-3-4-16-41(35)50(44)53-48)39-14-9-15-40(32-39)52-45-19-7-5-17-42(45)43-18-6-8-20-46(43)52/h1-32H/i9D,14D,15D,32D. The molecule has 11 rings (SSSR count). The second-order valence-electron chi connectivity index (χ2n) is 13.4. The van der Waals surface area contributed by atoms with Crippen LogP contribution in [-0.4, -0.2) is 4.57 Å². The van der Waals surface area contributed by atoms with Crippen LogP contribution in [0.2, 0.25) is 0 Å². The molecular weight excluding hydrogens is 645 g/mol. The topological polar surface area (TPSA) is 21.3 Å². The largest absolute Gasteiger partial charge is 0.455 e. The van der Waals surface area contributed by atoms with Crippen molar-refractivity contribution < 1.29 is 9.90 Å². The van der Waals surface area contributed by atoms with Crippen LogP contribution in [0.5, 0.6) is 0 Å². The first kappa shape index (κ1) is 25.8. The summed E-state index contributed by atoms with van der Waals surface area (Å²) in [6.45, 7) is 0. The molecule has 2 aromatic heterocycles. The molecule has 0 aliphatic rings. The Labute approximate surface area is 311 Å². The van der Waals surface area contributed by atoms with E-state index in [0.29, 0.717) is 17.0 Å². The van der Waals surface area contributed by atoms with E-state index in [0.717, 1.165) is 65.4 Å². The molecular formula is C50H32N2O. The Morgan fingerprint density at radius 2 is 1.15 bits per heavy atom. The third-order valence-corrected chi connectivity index (χ3v) is 10.4. The van der Waals surface area contributed by atoms with E-state index in [1.54, 1.807) is 0 Å². The highest BCUT2D eigenvalue weighted by molar-refractivity contribution is 6.19. The lowest BCUT2D eigenvalue weighted by atomic mass is 10.0. The molecule has 0 bridgehead atoms. The lowest BCUT2D eigenvalue weighted by molar-refractivity contribution is 0.672. The summed E-state index contributed by atoms with van der Waals surface area (Å²) in [5.74, 6) is 0. The van der Waals surface area contributed by atoms with E-state index >= 15 is 0 Å². The summed E-state index contributed by atoms with van der Waals surface area (Å²) >= 11 is 0. The van der Waals surface area contributed by atoms with Crippen LogP contribution in [0.4, 0.5) is 17.1 Å². The van der Waals surface area contributed by atoms with Gasteiger partial charge in [0.2, 0.25) is 0 Å². The number of nitrogens with zero attached hydrogens (tertiary/aromatic N) is 2. The number of furan rings is 1. The summed E-state index contributed by atoms with van der Waals surface area (Å²) in [4.78, 5) is 1.91. The lowest BCUT2D eigenvalue weighted by Crippen LogP contribution is -2.11. The fourth-order valence-electron chi connectivity index (χ4n) is 7.99. The van der Waals surface area contributed by atoms with Gasteiger partial charge in [-0.1, -0.05) is 127 Å². The van der Waals surface area contributed by atoms with Crippen LogP contribution in [0, 0.1) is 0 Å². The zero-order chi connectivity index (χ0) is 38.4. The molecule has 2 heterocycles. The van der Waals surface area contributed by atoms with Crippen molar-refractivity contribution in [1.29, 1.82) is 0 Å². The average molecular weight is 681 g/mol. The maximum absolute atomic E-state index is 10.1. The van der Waals surface area contributed by atoms with Crippen LogP contribution in [0.3, 0.4) is 0 Å². The van der Waals surface area contributed by atoms with Gasteiger partial charge >= 0.3 is 0 Å². The number of rotatable bonds is 5. The highest BCUT2D eigenvalue weighted by atomic mass is 16.3. The molecule has 3 heteroatoms. The zero-order valence-corrected chi connectivity index (χ0v) is 28.5. The first-order valence-electron chi connectivity index (χ1n) is 19.8. The van der Waals surface area contributed by atoms with Crippen molar-refractivity contribution >= 4 is 82.4 Å². The molecule has 0 unspecified atom stereocenters. The molecule has 0 N–H and O–H groups in total. The van der Waals surface area contributed by atoms with E-state index in [-0.39, 0.29) is 35.5 Å². The first-order valence-corrected chi connectivity index (χ1v) is 17.8. The summed E-state index contributed by atoms with van der Waals surface area (Å²) in [7, 11) is 0. The van der Waals surface area contributed by atoms with Crippen LogP contribution < -0.4 is 4.90 Å². The van der Waals surface area contributed by atoms with Crippen molar-refractivity contribution in [2.75, 3.05) is 4.90 Å². The third kappa shape index (κ3) is 4.68. The van der Waals surface area contributed by atoms with E-state index in [1.807, 2.05) is 113 Å². The molecule has 0 radical (unpaired) electrons. The minimum atomic E-state index is -0.258. The molecule has 53 heavy (non-hydrogen) atoms. The van der Waals surface area contributed by atoms with E-state index < -0.39 is 0 Å². The molecule has 0 fully saturated rings. The quantitative estimate of drug-likeness (QED) is 0.180. The van der Waals surface area contributed by atoms with Crippen LogP contribution in [0.15, 0.2) is 198 Å². The molecule has 0 aliphatic carbocycles. The first-order chi connectivity index (χ1) is 28.0. The van der Waals surface area contributed by atoms with E-state index in [4.69, 9.17) is 4.42 Å². The van der Waals surface area contributed by atoms with Crippen LogP contribution >= 0.6 is 0 Å². The number of para-hydroxylation sites is 2. The number of aromatic nitrogens is 1. The molecule has 0 amide bonds. The summed E-state index contributed by atoms with van der Waals surface area (Å²) in [5.41, 5.74) is 7.02. The van der Waals surface area contributed by atoms with Crippen molar-refractivity contribution in [3.63, 3.8) is 0 Å².